The van der Waals surface area contributed by atoms with Gasteiger partial charge in [0, 0.05) is 18.2 Å². The first kappa shape index (κ1) is 17.2. The Balaban J connectivity index is 1.60. The Morgan fingerprint density at radius 1 is 1.27 bits per heavy atom. The van der Waals surface area contributed by atoms with E-state index in [9.17, 15) is 13.2 Å². The molecule has 0 spiro atoms. The van der Waals surface area contributed by atoms with Crippen LogP contribution in [-0.4, -0.2) is 32.7 Å². The van der Waals surface area contributed by atoms with Gasteiger partial charge in [-0.05, 0) is 36.8 Å². The quantitative estimate of drug-likeness (QED) is 0.868. The number of para-hydroxylation sites is 1. The van der Waals surface area contributed by atoms with Crippen LogP contribution in [0.1, 0.15) is 6.42 Å². The summed E-state index contributed by atoms with van der Waals surface area (Å²) in [6.07, 6.45) is 0.342. The number of nitrogens with one attached hydrogen (secondary N) is 1. The highest BCUT2D eigenvalue weighted by atomic mass is 35.5. The van der Waals surface area contributed by atoms with Crippen LogP contribution in [0.4, 0.5) is 11.4 Å². The van der Waals surface area contributed by atoms with Crippen LogP contribution in [0.25, 0.3) is 0 Å². The molecular weight excluding hydrogens is 376 g/mol. The summed E-state index contributed by atoms with van der Waals surface area (Å²) < 4.78 is 31.2. The summed E-state index contributed by atoms with van der Waals surface area (Å²) >= 11 is 6.07. The van der Waals surface area contributed by atoms with Gasteiger partial charge in [-0.1, -0.05) is 29.8 Å². The van der Waals surface area contributed by atoms with Gasteiger partial charge in [-0.2, -0.15) is 0 Å². The fourth-order valence-corrected chi connectivity index (χ4v) is 6.16. The molecule has 0 bridgehead atoms. The van der Waals surface area contributed by atoms with E-state index >= 15 is 0 Å². The van der Waals surface area contributed by atoms with E-state index in [0.717, 1.165) is 0 Å². The molecule has 136 valence electrons. The van der Waals surface area contributed by atoms with Crippen molar-refractivity contribution in [1.29, 1.82) is 0 Å². The van der Waals surface area contributed by atoms with Crippen molar-refractivity contribution in [3.8, 4) is 5.75 Å². The van der Waals surface area contributed by atoms with Gasteiger partial charge in [0.15, 0.2) is 4.75 Å². The maximum Gasteiger partial charge on any atom is 0.250 e. The summed E-state index contributed by atoms with van der Waals surface area (Å²) in [6.45, 7) is 0.323. The molecule has 1 heterocycles. The second-order valence-electron chi connectivity index (χ2n) is 6.47. The number of hydrogen-bond donors (Lipinski definition) is 1. The number of nitrogens with zero attached hydrogens (tertiary/aromatic N) is 1. The third-order valence-corrected chi connectivity index (χ3v) is 7.87. The van der Waals surface area contributed by atoms with E-state index in [2.05, 4.69) is 5.32 Å². The van der Waals surface area contributed by atoms with Crippen LogP contribution in [0.2, 0.25) is 5.02 Å². The number of sulfonamides is 1. The fraction of sp³-hybridized carbons (Fsp3) is 0.278. The third kappa shape index (κ3) is 2.38. The van der Waals surface area contributed by atoms with E-state index in [4.69, 9.17) is 16.3 Å². The Morgan fingerprint density at radius 2 is 2.00 bits per heavy atom. The number of ether oxygens (including phenoxy) is 1. The largest absolute Gasteiger partial charge is 0.495 e. The lowest BCUT2D eigenvalue weighted by Gasteiger charge is -2.23. The maximum atomic E-state index is 13.1. The molecule has 8 heteroatoms. The van der Waals surface area contributed by atoms with Crippen LogP contribution in [0.5, 0.6) is 5.75 Å². The molecule has 4 rings (SSSR count). The lowest BCUT2D eigenvalue weighted by molar-refractivity contribution is -0.116. The van der Waals surface area contributed by atoms with Gasteiger partial charge >= 0.3 is 0 Å². The Bertz CT molecular complexity index is 980. The Kier molecular flexibility index (Phi) is 3.89. The summed E-state index contributed by atoms with van der Waals surface area (Å²) in [5.41, 5.74) is 1.02. The normalized spacial score (nSPS) is 25.5. The second-order valence-corrected chi connectivity index (χ2v) is 8.99. The summed E-state index contributed by atoms with van der Waals surface area (Å²) in [5.74, 6) is -0.237. The van der Waals surface area contributed by atoms with E-state index in [0.29, 0.717) is 35.1 Å². The summed E-state index contributed by atoms with van der Waals surface area (Å²) in [5, 5.41) is 3.04. The first-order valence-electron chi connectivity index (χ1n) is 8.12. The minimum atomic E-state index is -3.79. The number of anilines is 2. The van der Waals surface area contributed by atoms with E-state index in [1.807, 2.05) is 6.07 Å². The van der Waals surface area contributed by atoms with Gasteiger partial charge in [0.25, 0.3) is 0 Å². The Labute approximate surface area is 156 Å². The van der Waals surface area contributed by atoms with Gasteiger partial charge in [-0.3, -0.25) is 9.10 Å². The molecular formula is C18H17ClN2O4S. The Morgan fingerprint density at radius 3 is 2.65 bits per heavy atom. The predicted molar refractivity (Wildman–Crippen MR) is 100 cm³/mol. The summed E-state index contributed by atoms with van der Waals surface area (Å²) in [4.78, 5) is 12.8. The van der Waals surface area contributed by atoms with Crippen molar-refractivity contribution in [2.75, 3.05) is 23.3 Å². The molecule has 1 saturated heterocycles. The van der Waals surface area contributed by atoms with Crippen molar-refractivity contribution in [3.05, 3.63) is 53.6 Å². The minimum Gasteiger partial charge on any atom is -0.495 e. The van der Waals surface area contributed by atoms with Gasteiger partial charge in [-0.25, -0.2) is 8.42 Å². The number of benzene rings is 2. The number of carbonyl (C=O) groups is 1. The molecule has 2 fully saturated rings. The van der Waals surface area contributed by atoms with Crippen LogP contribution in [0.3, 0.4) is 0 Å². The molecule has 2 atom stereocenters. The average Bonchev–Trinajstić information content (AvgIpc) is 3.31. The summed E-state index contributed by atoms with van der Waals surface area (Å²) in [7, 11) is -2.29. The number of rotatable bonds is 4. The molecule has 1 aliphatic heterocycles. The Hall–Kier alpha value is -2.25. The van der Waals surface area contributed by atoms with Gasteiger partial charge < -0.3 is 10.1 Å². The standard InChI is InChI=1S/C18H17ClN2O4S/c1-25-16-8-7-13(9-15(16)19)20-17(22)18-10-12(18)11-21(26(18,23)24)14-5-3-2-4-6-14/h2-9,12H,10-11H2,1H3,(H,20,22)/t12-,18+/m0/s1. The van der Waals surface area contributed by atoms with Crippen LogP contribution in [-0.2, 0) is 14.8 Å². The minimum absolute atomic E-state index is 0.207. The van der Waals surface area contributed by atoms with E-state index < -0.39 is 20.7 Å². The number of carbonyl (C=O) groups excluding carboxylic acids is 1. The summed E-state index contributed by atoms with van der Waals surface area (Å²) in [6, 6.07) is 13.6. The first-order valence-corrected chi connectivity index (χ1v) is 9.94. The number of amides is 1. The number of fused-ring (bicyclic) bond motifs is 1. The maximum absolute atomic E-state index is 13.1. The van der Waals surface area contributed by atoms with Crippen molar-refractivity contribution in [3.63, 3.8) is 0 Å². The zero-order valence-corrected chi connectivity index (χ0v) is 15.5. The zero-order chi connectivity index (χ0) is 18.5. The SMILES string of the molecule is COc1ccc(NC(=O)[C@@]23C[C@H]2CN(c2ccccc2)S3(=O)=O)cc1Cl. The van der Waals surface area contributed by atoms with Crippen LogP contribution >= 0.6 is 11.6 Å². The van der Waals surface area contributed by atoms with Crippen LogP contribution in [0.15, 0.2) is 48.5 Å². The van der Waals surface area contributed by atoms with E-state index in [1.54, 1.807) is 42.5 Å². The molecule has 0 radical (unpaired) electrons. The highest BCUT2D eigenvalue weighted by Gasteiger charge is 2.75. The third-order valence-electron chi connectivity index (χ3n) is 5.02. The van der Waals surface area contributed by atoms with Gasteiger partial charge in [0.2, 0.25) is 15.9 Å². The fourth-order valence-electron chi connectivity index (χ4n) is 3.54. The topological polar surface area (TPSA) is 75.7 Å². The average molecular weight is 393 g/mol. The number of methoxy groups -OCH3 is 1. The molecule has 0 aromatic heterocycles. The molecule has 1 aliphatic carbocycles. The van der Waals surface area contributed by atoms with E-state index in [1.165, 1.54) is 11.4 Å². The van der Waals surface area contributed by atoms with Crippen molar-refractivity contribution < 1.29 is 17.9 Å². The van der Waals surface area contributed by atoms with Crippen LogP contribution < -0.4 is 14.4 Å². The second kappa shape index (κ2) is 5.89. The first-order chi connectivity index (χ1) is 12.4. The van der Waals surface area contributed by atoms with Crippen molar-refractivity contribution >= 4 is 38.9 Å². The molecule has 1 amide bonds. The molecule has 2 aromatic rings. The highest BCUT2D eigenvalue weighted by molar-refractivity contribution is 7.95. The van der Waals surface area contributed by atoms with E-state index in [-0.39, 0.29) is 5.92 Å². The monoisotopic (exact) mass is 392 g/mol. The highest BCUT2D eigenvalue weighted by Crippen LogP contribution is 2.58. The molecule has 26 heavy (non-hydrogen) atoms. The lowest BCUT2D eigenvalue weighted by atomic mass is 10.2. The molecule has 6 nitrogen and oxygen atoms in total. The number of hydrogen-bond acceptors (Lipinski definition) is 4. The molecule has 1 N–H and O–H groups in total. The molecule has 2 aliphatic rings. The van der Waals surface area contributed by atoms with Crippen LogP contribution in [0, 0.1) is 5.92 Å². The lowest BCUT2D eigenvalue weighted by Crippen LogP contribution is -2.42. The molecule has 1 saturated carbocycles. The zero-order valence-electron chi connectivity index (χ0n) is 14.0. The predicted octanol–water partition coefficient (Wildman–Crippen LogP) is 2.90. The molecule has 0 unspecified atom stereocenters. The van der Waals surface area contributed by atoms with Crippen molar-refractivity contribution in [2.45, 2.75) is 11.2 Å². The van der Waals surface area contributed by atoms with Crippen molar-refractivity contribution in [1.82, 2.24) is 0 Å². The van der Waals surface area contributed by atoms with Gasteiger partial charge in [0.1, 0.15) is 5.75 Å². The van der Waals surface area contributed by atoms with Crippen molar-refractivity contribution in [2.24, 2.45) is 5.92 Å². The number of halogens is 1. The molecule has 2 aromatic carbocycles. The smallest absolute Gasteiger partial charge is 0.250 e. The van der Waals surface area contributed by atoms with Gasteiger partial charge in [0.05, 0.1) is 17.8 Å². The van der Waals surface area contributed by atoms with Gasteiger partial charge in [-0.15, -0.1) is 0 Å².